The predicted molar refractivity (Wildman–Crippen MR) is 137 cm³/mol. The summed E-state index contributed by atoms with van der Waals surface area (Å²) in [5.41, 5.74) is 2.74. The molecule has 188 valence electrons. The lowest BCUT2D eigenvalue weighted by Crippen LogP contribution is -2.43. The van der Waals surface area contributed by atoms with E-state index in [2.05, 4.69) is 12.1 Å². The van der Waals surface area contributed by atoms with E-state index in [1.165, 1.54) is 12.7 Å². The fourth-order valence-electron chi connectivity index (χ4n) is 4.11. The molecule has 1 saturated heterocycles. The number of nitrogens with zero attached hydrogens (tertiary/aromatic N) is 2. The lowest BCUT2D eigenvalue weighted by molar-refractivity contribution is -0.137. The van der Waals surface area contributed by atoms with Crippen LogP contribution in [0.15, 0.2) is 78.9 Å². The van der Waals surface area contributed by atoms with Crippen molar-refractivity contribution in [1.29, 1.82) is 0 Å². The van der Waals surface area contributed by atoms with E-state index in [1.54, 1.807) is 23.1 Å². The Morgan fingerprint density at radius 1 is 0.889 bits per heavy atom. The van der Waals surface area contributed by atoms with E-state index < -0.39 is 0 Å². The van der Waals surface area contributed by atoms with Crippen molar-refractivity contribution in [3.63, 3.8) is 0 Å². The molecule has 3 aromatic carbocycles. The Kier molecular flexibility index (Phi) is 8.94. The van der Waals surface area contributed by atoms with Crippen molar-refractivity contribution in [3.05, 3.63) is 95.6 Å². The molecule has 1 heterocycles. The van der Waals surface area contributed by atoms with E-state index >= 15 is 0 Å². The van der Waals surface area contributed by atoms with Crippen LogP contribution in [-0.2, 0) is 22.5 Å². The summed E-state index contributed by atoms with van der Waals surface area (Å²) >= 11 is 0. The number of carbonyl (C=O) groups is 2. The number of ether oxygens (including phenoxy) is 3. The maximum absolute atomic E-state index is 13.6. The van der Waals surface area contributed by atoms with Gasteiger partial charge in [0, 0.05) is 31.7 Å². The quantitative estimate of drug-likeness (QED) is 0.434. The molecule has 0 unspecified atom stereocenters. The molecule has 0 radical (unpaired) electrons. The Balaban J connectivity index is 1.46. The normalized spacial score (nSPS) is 13.2. The van der Waals surface area contributed by atoms with Gasteiger partial charge in [-0.25, -0.2) is 0 Å². The van der Waals surface area contributed by atoms with Crippen molar-refractivity contribution in [2.24, 2.45) is 0 Å². The van der Waals surface area contributed by atoms with Gasteiger partial charge < -0.3 is 24.0 Å². The van der Waals surface area contributed by atoms with Crippen LogP contribution in [0.3, 0.4) is 0 Å². The second kappa shape index (κ2) is 12.7. The molecule has 0 aliphatic carbocycles. The van der Waals surface area contributed by atoms with Crippen molar-refractivity contribution < 1.29 is 23.8 Å². The van der Waals surface area contributed by atoms with Crippen molar-refractivity contribution >= 4 is 11.8 Å². The number of carbonyl (C=O) groups excluding carboxylic acids is 2. The number of hydrogen-bond acceptors (Lipinski definition) is 5. The van der Waals surface area contributed by atoms with Gasteiger partial charge in [0.2, 0.25) is 0 Å². The van der Waals surface area contributed by atoms with Gasteiger partial charge in [0.15, 0.2) is 18.1 Å². The molecule has 1 aliphatic rings. The Morgan fingerprint density at radius 2 is 1.56 bits per heavy atom. The van der Waals surface area contributed by atoms with E-state index in [1.807, 2.05) is 53.4 Å². The van der Waals surface area contributed by atoms with E-state index in [9.17, 15) is 9.59 Å². The zero-order valence-corrected chi connectivity index (χ0v) is 20.6. The highest BCUT2D eigenvalue weighted by molar-refractivity contribution is 5.95. The molecule has 1 aliphatic heterocycles. The summed E-state index contributed by atoms with van der Waals surface area (Å²) in [5, 5.41) is 0. The predicted octanol–water partition coefficient (Wildman–Crippen LogP) is 3.82. The topological polar surface area (TPSA) is 68.3 Å². The fourth-order valence-corrected chi connectivity index (χ4v) is 4.11. The molecular weight excluding hydrogens is 456 g/mol. The van der Waals surface area contributed by atoms with E-state index in [-0.39, 0.29) is 18.4 Å². The standard InChI is InChI=1S/C29H32N2O5/c1-34-27-20-25(12-13-26(27)36-22-28(32)30-16-18-35-19-17-30)29(33)31(21-24-10-6-3-7-11-24)15-14-23-8-4-2-5-9-23/h2-13,20H,14-19,21-22H2,1H3. The zero-order chi connectivity index (χ0) is 25.2. The van der Waals surface area contributed by atoms with Gasteiger partial charge in [-0.3, -0.25) is 9.59 Å². The maximum Gasteiger partial charge on any atom is 0.260 e. The van der Waals surface area contributed by atoms with Gasteiger partial charge in [-0.15, -0.1) is 0 Å². The third-order valence-electron chi connectivity index (χ3n) is 6.14. The van der Waals surface area contributed by atoms with Gasteiger partial charge >= 0.3 is 0 Å². The van der Waals surface area contributed by atoms with Gasteiger partial charge in [-0.1, -0.05) is 60.7 Å². The molecule has 7 heteroatoms. The van der Waals surface area contributed by atoms with E-state index in [0.29, 0.717) is 56.5 Å². The zero-order valence-electron chi connectivity index (χ0n) is 20.6. The summed E-state index contributed by atoms with van der Waals surface area (Å²) in [6.07, 6.45) is 0.751. The Labute approximate surface area is 212 Å². The molecule has 0 N–H and O–H groups in total. The third-order valence-corrected chi connectivity index (χ3v) is 6.14. The van der Waals surface area contributed by atoms with Crippen LogP contribution in [0.4, 0.5) is 0 Å². The molecule has 36 heavy (non-hydrogen) atoms. The number of amides is 2. The lowest BCUT2D eigenvalue weighted by Gasteiger charge is -2.27. The van der Waals surface area contributed by atoms with Gasteiger partial charge in [-0.2, -0.15) is 0 Å². The number of methoxy groups -OCH3 is 1. The van der Waals surface area contributed by atoms with Crippen LogP contribution in [-0.4, -0.2) is 68.2 Å². The summed E-state index contributed by atoms with van der Waals surface area (Å²) in [5.74, 6) is 0.646. The van der Waals surface area contributed by atoms with Gasteiger partial charge in [-0.05, 0) is 35.7 Å². The summed E-state index contributed by atoms with van der Waals surface area (Å²) in [4.78, 5) is 29.6. The van der Waals surface area contributed by atoms with Crippen LogP contribution in [0.2, 0.25) is 0 Å². The summed E-state index contributed by atoms with van der Waals surface area (Å²) in [7, 11) is 1.53. The van der Waals surface area contributed by atoms with Crippen LogP contribution < -0.4 is 9.47 Å². The van der Waals surface area contributed by atoms with Gasteiger partial charge in [0.1, 0.15) is 0 Å². The van der Waals surface area contributed by atoms with Crippen LogP contribution in [0.1, 0.15) is 21.5 Å². The largest absolute Gasteiger partial charge is 0.493 e. The molecular formula is C29H32N2O5. The van der Waals surface area contributed by atoms with Crippen molar-refractivity contribution in [2.75, 3.05) is 46.6 Å². The summed E-state index contributed by atoms with van der Waals surface area (Å²) < 4.78 is 16.6. The third kappa shape index (κ3) is 6.86. The van der Waals surface area contributed by atoms with E-state index in [4.69, 9.17) is 14.2 Å². The molecule has 7 nitrogen and oxygen atoms in total. The Hall–Kier alpha value is -3.84. The number of morpholine rings is 1. The van der Waals surface area contributed by atoms with Crippen molar-refractivity contribution in [3.8, 4) is 11.5 Å². The fraction of sp³-hybridized carbons (Fsp3) is 0.310. The second-order valence-electron chi connectivity index (χ2n) is 8.60. The highest BCUT2D eigenvalue weighted by Gasteiger charge is 2.21. The van der Waals surface area contributed by atoms with E-state index in [0.717, 1.165) is 12.0 Å². The molecule has 0 spiro atoms. The number of hydrogen-bond donors (Lipinski definition) is 0. The highest BCUT2D eigenvalue weighted by atomic mass is 16.5. The van der Waals surface area contributed by atoms with Crippen molar-refractivity contribution in [2.45, 2.75) is 13.0 Å². The maximum atomic E-state index is 13.6. The Morgan fingerprint density at radius 3 is 2.22 bits per heavy atom. The SMILES string of the molecule is COc1cc(C(=O)N(CCc2ccccc2)Cc2ccccc2)ccc1OCC(=O)N1CCOCC1. The molecule has 3 aromatic rings. The minimum atomic E-state index is -0.101. The smallest absolute Gasteiger partial charge is 0.260 e. The molecule has 0 saturated carbocycles. The second-order valence-corrected chi connectivity index (χ2v) is 8.60. The first-order chi connectivity index (χ1) is 17.6. The molecule has 1 fully saturated rings. The van der Waals surface area contributed by atoms with Crippen LogP contribution in [0, 0.1) is 0 Å². The van der Waals surface area contributed by atoms with Gasteiger partial charge in [0.05, 0.1) is 20.3 Å². The first-order valence-electron chi connectivity index (χ1n) is 12.2. The first-order valence-corrected chi connectivity index (χ1v) is 12.2. The monoisotopic (exact) mass is 488 g/mol. The lowest BCUT2D eigenvalue weighted by atomic mass is 10.1. The summed E-state index contributed by atoms with van der Waals surface area (Å²) in [6.45, 7) is 3.18. The first kappa shape index (κ1) is 25.3. The molecule has 2 amide bonds. The summed E-state index contributed by atoms with van der Waals surface area (Å²) in [6, 6.07) is 25.2. The average Bonchev–Trinajstić information content (AvgIpc) is 2.95. The number of rotatable bonds is 10. The van der Waals surface area contributed by atoms with Crippen molar-refractivity contribution in [1.82, 2.24) is 9.80 Å². The minimum absolute atomic E-state index is 0.0935. The average molecular weight is 489 g/mol. The van der Waals surface area contributed by atoms with Crippen LogP contribution >= 0.6 is 0 Å². The molecule has 4 rings (SSSR count). The molecule has 0 atom stereocenters. The minimum Gasteiger partial charge on any atom is -0.493 e. The van der Waals surface area contributed by atoms with Crippen LogP contribution in [0.5, 0.6) is 11.5 Å². The molecule has 0 aromatic heterocycles. The van der Waals surface area contributed by atoms with Gasteiger partial charge in [0.25, 0.3) is 11.8 Å². The molecule has 0 bridgehead atoms. The van der Waals surface area contributed by atoms with Crippen LogP contribution in [0.25, 0.3) is 0 Å². The Bertz CT molecular complexity index is 1130. The highest BCUT2D eigenvalue weighted by Crippen LogP contribution is 2.29. The number of benzene rings is 3.